The zero-order chi connectivity index (χ0) is 21.6. The minimum atomic E-state index is -0.708. The molecule has 0 fully saturated rings. The first-order chi connectivity index (χ1) is 15.1. The second-order valence-electron chi connectivity index (χ2n) is 7.11. The van der Waals surface area contributed by atoms with E-state index in [1.54, 1.807) is 25.1 Å². The molecule has 31 heavy (non-hydrogen) atoms. The van der Waals surface area contributed by atoms with Crippen molar-refractivity contribution in [1.29, 1.82) is 0 Å². The molecule has 1 aromatic heterocycles. The summed E-state index contributed by atoms with van der Waals surface area (Å²) in [6, 6.07) is 24.0. The fraction of sp³-hybridized carbons (Fsp3) is 0.125. The smallest absolute Gasteiger partial charge is 0.265 e. The summed E-state index contributed by atoms with van der Waals surface area (Å²) in [6.07, 6.45) is -0.456. The number of hydrogen-bond acceptors (Lipinski definition) is 4. The summed E-state index contributed by atoms with van der Waals surface area (Å²) in [5.74, 6) is 0.502. The molecular weight excluding hydrogens is 392 g/mol. The lowest BCUT2D eigenvalue weighted by Crippen LogP contribution is -2.30. The molecule has 0 saturated carbocycles. The molecule has 1 heterocycles. The Morgan fingerprint density at radius 2 is 1.68 bits per heavy atom. The summed E-state index contributed by atoms with van der Waals surface area (Å²) in [7, 11) is 0. The van der Waals surface area contributed by atoms with Crippen molar-refractivity contribution in [2.75, 3.05) is 10.6 Å². The van der Waals surface area contributed by atoms with Crippen molar-refractivity contribution < 1.29 is 14.3 Å². The van der Waals surface area contributed by atoms with Gasteiger partial charge in [-0.05, 0) is 42.8 Å². The summed E-state index contributed by atoms with van der Waals surface area (Å²) in [4.78, 5) is 24.8. The van der Waals surface area contributed by atoms with Crippen LogP contribution in [0.1, 0.15) is 12.5 Å². The largest absolute Gasteiger partial charge is 0.481 e. The van der Waals surface area contributed by atoms with Crippen LogP contribution < -0.4 is 15.4 Å². The van der Waals surface area contributed by atoms with Gasteiger partial charge >= 0.3 is 0 Å². The van der Waals surface area contributed by atoms with Crippen LogP contribution in [0.5, 0.6) is 5.75 Å². The predicted molar refractivity (Wildman–Crippen MR) is 120 cm³/mol. The molecular formula is C24H22N4O3. The SMILES string of the molecule is CC(Oc1ccc2[nH]nc(NC(=O)Cc3ccccc3)c2c1)C(=O)Nc1ccccc1. The Morgan fingerprint density at radius 1 is 0.968 bits per heavy atom. The van der Waals surface area contributed by atoms with Crippen molar-refractivity contribution >= 4 is 34.2 Å². The molecule has 3 N–H and O–H groups in total. The van der Waals surface area contributed by atoms with Gasteiger partial charge in [0.1, 0.15) is 5.75 Å². The topological polar surface area (TPSA) is 96.1 Å². The number of aromatic nitrogens is 2. The summed E-state index contributed by atoms with van der Waals surface area (Å²) >= 11 is 0. The lowest BCUT2D eigenvalue weighted by Gasteiger charge is -2.15. The van der Waals surface area contributed by atoms with Crippen molar-refractivity contribution in [3.63, 3.8) is 0 Å². The highest BCUT2D eigenvalue weighted by molar-refractivity contribution is 6.00. The maximum absolute atomic E-state index is 12.4. The summed E-state index contributed by atoms with van der Waals surface area (Å²) in [5, 5.41) is 13.4. The van der Waals surface area contributed by atoms with Crippen LogP contribution in [0.15, 0.2) is 78.9 Å². The van der Waals surface area contributed by atoms with E-state index in [0.29, 0.717) is 22.6 Å². The molecule has 1 atom stereocenters. The number of ether oxygens (including phenoxy) is 1. The third kappa shape index (κ3) is 5.08. The first kappa shape index (κ1) is 20.2. The lowest BCUT2D eigenvalue weighted by molar-refractivity contribution is -0.122. The third-order valence-electron chi connectivity index (χ3n) is 4.72. The second-order valence-corrected chi connectivity index (χ2v) is 7.11. The fourth-order valence-electron chi connectivity index (χ4n) is 3.14. The maximum atomic E-state index is 12.4. The number of H-pyrrole nitrogens is 1. The van der Waals surface area contributed by atoms with E-state index in [2.05, 4.69) is 20.8 Å². The second kappa shape index (κ2) is 9.13. The first-order valence-corrected chi connectivity index (χ1v) is 9.93. The number of anilines is 2. The van der Waals surface area contributed by atoms with Gasteiger partial charge in [0, 0.05) is 11.1 Å². The van der Waals surface area contributed by atoms with Gasteiger partial charge in [-0.3, -0.25) is 14.7 Å². The zero-order valence-corrected chi connectivity index (χ0v) is 17.0. The number of fused-ring (bicyclic) bond motifs is 1. The van der Waals surface area contributed by atoms with Gasteiger partial charge in [0.05, 0.1) is 11.9 Å². The van der Waals surface area contributed by atoms with Crippen molar-refractivity contribution in [2.45, 2.75) is 19.4 Å². The van der Waals surface area contributed by atoms with Crippen LogP contribution in [0.2, 0.25) is 0 Å². The molecule has 156 valence electrons. The fourth-order valence-corrected chi connectivity index (χ4v) is 3.14. The Kier molecular flexibility index (Phi) is 5.93. The van der Waals surface area contributed by atoms with E-state index in [4.69, 9.17) is 4.74 Å². The van der Waals surface area contributed by atoms with Crippen molar-refractivity contribution in [3.05, 3.63) is 84.4 Å². The van der Waals surface area contributed by atoms with Crippen molar-refractivity contribution in [2.24, 2.45) is 0 Å². The van der Waals surface area contributed by atoms with Gasteiger partial charge in [-0.15, -0.1) is 0 Å². The number of amides is 2. The van der Waals surface area contributed by atoms with Crippen LogP contribution in [-0.2, 0) is 16.0 Å². The molecule has 7 heteroatoms. The Bertz CT molecular complexity index is 1190. The van der Waals surface area contributed by atoms with Crippen LogP contribution in [0, 0.1) is 0 Å². The molecule has 0 radical (unpaired) electrons. The van der Waals surface area contributed by atoms with Crippen LogP contribution in [0.3, 0.4) is 0 Å². The van der Waals surface area contributed by atoms with Gasteiger partial charge in [0.15, 0.2) is 11.9 Å². The van der Waals surface area contributed by atoms with E-state index >= 15 is 0 Å². The summed E-state index contributed by atoms with van der Waals surface area (Å²) in [6.45, 7) is 1.68. The molecule has 0 spiro atoms. The minimum absolute atomic E-state index is 0.165. The van der Waals surface area contributed by atoms with E-state index in [1.165, 1.54) is 0 Å². The molecule has 0 aliphatic rings. The average Bonchev–Trinajstić information content (AvgIpc) is 3.17. The normalized spacial score (nSPS) is 11.6. The summed E-state index contributed by atoms with van der Waals surface area (Å²) < 4.78 is 5.82. The molecule has 0 saturated heterocycles. The van der Waals surface area contributed by atoms with Crippen LogP contribution in [-0.4, -0.2) is 28.1 Å². The predicted octanol–water partition coefficient (Wildman–Crippen LogP) is 4.15. The van der Waals surface area contributed by atoms with E-state index < -0.39 is 6.10 Å². The summed E-state index contributed by atoms with van der Waals surface area (Å²) in [5.41, 5.74) is 2.38. The molecule has 7 nitrogen and oxygen atoms in total. The van der Waals surface area contributed by atoms with Crippen molar-refractivity contribution in [1.82, 2.24) is 10.2 Å². The monoisotopic (exact) mass is 414 g/mol. The van der Waals surface area contributed by atoms with Crippen LogP contribution in [0.25, 0.3) is 10.9 Å². The molecule has 4 rings (SSSR count). The number of carbonyl (C=O) groups excluding carboxylic acids is 2. The van der Waals surface area contributed by atoms with E-state index in [9.17, 15) is 9.59 Å². The Balaban J connectivity index is 1.43. The molecule has 0 aliphatic heterocycles. The van der Waals surface area contributed by atoms with E-state index in [-0.39, 0.29) is 18.2 Å². The average molecular weight is 414 g/mol. The maximum Gasteiger partial charge on any atom is 0.265 e. The molecule has 3 aromatic carbocycles. The molecule has 4 aromatic rings. The van der Waals surface area contributed by atoms with Crippen LogP contribution >= 0.6 is 0 Å². The van der Waals surface area contributed by atoms with E-state index in [0.717, 1.165) is 11.1 Å². The highest BCUT2D eigenvalue weighted by atomic mass is 16.5. The minimum Gasteiger partial charge on any atom is -0.481 e. The number of benzene rings is 3. The Morgan fingerprint density at radius 3 is 2.42 bits per heavy atom. The number of nitrogens with zero attached hydrogens (tertiary/aromatic N) is 1. The number of aromatic amines is 1. The third-order valence-corrected chi connectivity index (χ3v) is 4.72. The number of hydrogen-bond donors (Lipinski definition) is 3. The molecule has 2 amide bonds. The van der Waals surface area contributed by atoms with Crippen molar-refractivity contribution in [3.8, 4) is 5.75 Å². The Labute approximate surface area is 179 Å². The highest BCUT2D eigenvalue weighted by Gasteiger charge is 2.16. The van der Waals surface area contributed by atoms with Crippen LogP contribution in [0.4, 0.5) is 11.5 Å². The van der Waals surface area contributed by atoms with Gasteiger partial charge in [0.2, 0.25) is 5.91 Å². The molecule has 1 unspecified atom stereocenters. The zero-order valence-electron chi connectivity index (χ0n) is 17.0. The quantitative estimate of drug-likeness (QED) is 0.423. The number of rotatable bonds is 7. The first-order valence-electron chi connectivity index (χ1n) is 9.93. The number of nitrogens with one attached hydrogen (secondary N) is 3. The number of carbonyl (C=O) groups is 2. The van der Waals surface area contributed by atoms with Gasteiger partial charge in [-0.25, -0.2) is 0 Å². The van der Waals surface area contributed by atoms with Gasteiger partial charge in [0.25, 0.3) is 5.91 Å². The number of para-hydroxylation sites is 1. The van der Waals surface area contributed by atoms with Gasteiger partial charge in [-0.1, -0.05) is 48.5 Å². The van der Waals surface area contributed by atoms with Gasteiger partial charge in [-0.2, -0.15) is 5.10 Å². The van der Waals surface area contributed by atoms with Gasteiger partial charge < -0.3 is 15.4 Å². The Hall–Kier alpha value is -4.13. The molecule has 0 bridgehead atoms. The highest BCUT2D eigenvalue weighted by Crippen LogP contribution is 2.26. The van der Waals surface area contributed by atoms with E-state index in [1.807, 2.05) is 60.7 Å². The standard InChI is InChI=1S/C24H22N4O3/c1-16(24(30)25-18-10-6-3-7-11-18)31-19-12-13-21-20(15-19)23(28-27-21)26-22(29)14-17-8-4-2-5-9-17/h2-13,15-16H,14H2,1H3,(H,25,30)(H2,26,27,28,29). The lowest BCUT2D eigenvalue weighted by atomic mass is 10.1. The molecule has 0 aliphatic carbocycles.